The molecule has 0 N–H and O–H groups in total. The van der Waals surface area contributed by atoms with Crippen molar-refractivity contribution in [3.63, 3.8) is 0 Å². The minimum Gasteiger partial charge on any atom is -0.207 e. The van der Waals surface area contributed by atoms with Crippen LogP contribution in [0, 0.1) is 18.6 Å². The highest BCUT2D eigenvalue weighted by molar-refractivity contribution is 5.84. The standard InChI is InChI=1S/C21H18F2/c1-13-2-8-19-16(10-13)6-9-20(21(19)23)17-4-3-15-12-18(22)7-5-14(15)11-17/h2,5-10,12,17H,3-4,11H2,1H3. The van der Waals surface area contributed by atoms with E-state index >= 15 is 0 Å². The van der Waals surface area contributed by atoms with Gasteiger partial charge in [0.1, 0.15) is 11.6 Å². The lowest BCUT2D eigenvalue weighted by Gasteiger charge is -2.25. The van der Waals surface area contributed by atoms with E-state index in [0.29, 0.717) is 5.39 Å². The Morgan fingerprint density at radius 3 is 2.65 bits per heavy atom. The van der Waals surface area contributed by atoms with E-state index in [1.54, 1.807) is 6.07 Å². The Morgan fingerprint density at radius 1 is 0.913 bits per heavy atom. The SMILES string of the molecule is Cc1ccc2c(F)c(C3CCc4cc(F)ccc4C3)ccc2c1. The minimum atomic E-state index is -0.186. The molecule has 1 atom stereocenters. The van der Waals surface area contributed by atoms with Gasteiger partial charge < -0.3 is 0 Å². The Morgan fingerprint density at radius 2 is 1.78 bits per heavy atom. The molecule has 2 heteroatoms. The summed E-state index contributed by atoms with van der Waals surface area (Å²) in [6.07, 6.45) is 2.46. The molecule has 0 bridgehead atoms. The maximum absolute atomic E-state index is 15.0. The molecule has 0 aromatic heterocycles. The fourth-order valence-corrected chi connectivity index (χ4v) is 3.73. The average Bonchev–Trinajstić information content (AvgIpc) is 2.54. The number of fused-ring (bicyclic) bond motifs is 2. The summed E-state index contributed by atoms with van der Waals surface area (Å²) in [6.45, 7) is 2.02. The second kappa shape index (κ2) is 5.45. The molecule has 1 aliphatic carbocycles. The Bertz CT molecular complexity index is 896. The molecular weight excluding hydrogens is 290 g/mol. The van der Waals surface area contributed by atoms with Gasteiger partial charge in [-0.15, -0.1) is 0 Å². The monoisotopic (exact) mass is 308 g/mol. The van der Waals surface area contributed by atoms with E-state index in [2.05, 4.69) is 0 Å². The third kappa shape index (κ3) is 2.52. The summed E-state index contributed by atoms with van der Waals surface area (Å²) in [5.74, 6) is -0.119. The number of hydrogen-bond acceptors (Lipinski definition) is 0. The van der Waals surface area contributed by atoms with Crippen LogP contribution < -0.4 is 0 Å². The third-order valence-electron chi connectivity index (χ3n) is 4.98. The van der Waals surface area contributed by atoms with Crippen LogP contribution in [0.5, 0.6) is 0 Å². The van der Waals surface area contributed by atoms with Gasteiger partial charge in [-0.2, -0.15) is 0 Å². The number of rotatable bonds is 1. The molecule has 0 saturated carbocycles. The predicted octanol–water partition coefficient (Wildman–Crippen LogP) is 5.70. The largest absolute Gasteiger partial charge is 0.207 e. The van der Waals surface area contributed by atoms with Gasteiger partial charge in [-0.25, -0.2) is 8.78 Å². The van der Waals surface area contributed by atoms with Crippen LogP contribution in [0.2, 0.25) is 0 Å². The van der Waals surface area contributed by atoms with E-state index in [1.807, 2.05) is 43.3 Å². The van der Waals surface area contributed by atoms with Crippen LogP contribution in [0.15, 0.2) is 48.5 Å². The van der Waals surface area contributed by atoms with E-state index in [9.17, 15) is 8.78 Å². The van der Waals surface area contributed by atoms with Crippen molar-refractivity contribution in [2.24, 2.45) is 0 Å². The Kier molecular flexibility index (Phi) is 3.41. The van der Waals surface area contributed by atoms with Crippen molar-refractivity contribution < 1.29 is 8.78 Å². The quantitative estimate of drug-likeness (QED) is 0.541. The predicted molar refractivity (Wildman–Crippen MR) is 89.8 cm³/mol. The van der Waals surface area contributed by atoms with Gasteiger partial charge >= 0.3 is 0 Å². The second-order valence-electron chi connectivity index (χ2n) is 6.55. The summed E-state index contributed by atoms with van der Waals surface area (Å²) >= 11 is 0. The minimum absolute atomic E-state index is 0.0990. The van der Waals surface area contributed by atoms with E-state index in [4.69, 9.17) is 0 Å². The first-order chi connectivity index (χ1) is 11.1. The first kappa shape index (κ1) is 14.4. The van der Waals surface area contributed by atoms with Gasteiger partial charge in [0.15, 0.2) is 0 Å². The van der Waals surface area contributed by atoms with Crippen molar-refractivity contribution in [3.8, 4) is 0 Å². The van der Waals surface area contributed by atoms with Crippen LogP contribution >= 0.6 is 0 Å². The third-order valence-corrected chi connectivity index (χ3v) is 4.98. The van der Waals surface area contributed by atoms with Gasteiger partial charge in [0.25, 0.3) is 0 Å². The molecule has 0 radical (unpaired) electrons. The fraction of sp³-hybridized carbons (Fsp3) is 0.238. The van der Waals surface area contributed by atoms with Gasteiger partial charge in [0, 0.05) is 5.39 Å². The molecule has 0 heterocycles. The van der Waals surface area contributed by atoms with Crippen LogP contribution in [0.1, 0.15) is 34.6 Å². The van der Waals surface area contributed by atoms with Gasteiger partial charge in [-0.1, -0.05) is 42.0 Å². The van der Waals surface area contributed by atoms with E-state index < -0.39 is 0 Å². The van der Waals surface area contributed by atoms with Crippen molar-refractivity contribution in [3.05, 3.63) is 82.4 Å². The number of benzene rings is 3. The first-order valence-corrected chi connectivity index (χ1v) is 8.08. The molecule has 0 saturated heterocycles. The zero-order chi connectivity index (χ0) is 16.0. The molecular formula is C21H18F2. The molecule has 23 heavy (non-hydrogen) atoms. The van der Waals surface area contributed by atoms with Crippen molar-refractivity contribution in [2.75, 3.05) is 0 Å². The van der Waals surface area contributed by atoms with Gasteiger partial charge in [0.05, 0.1) is 0 Å². The molecule has 0 nitrogen and oxygen atoms in total. The second-order valence-corrected chi connectivity index (χ2v) is 6.55. The molecule has 3 aromatic carbocycles. The van der Waals surface area contributed by atoms with Crippen molar-refractivity contribution >= 4 is 10.8 Å². The van der Waals surface area contributed by atoms with Gasteiger partial charge in [-0.3, -0.25) is 0 Å². The lowest BCUT2D eigenvalue weighted by atomic mass is 9.79. The topological polar surface area (TPSA) is 0 Å². The smallest absolute Gasteiger partial charge is 0.134 e. The van der Waals surface area contributed by atoms with Gasteiger partial charge in [-0.05, 0) is 66.3 Å². The number of aryl methyl sites for hydroxylation is 2. The summed E-state index contributed by atoms with van der Waals surface area (Å²) < 4.78 is 28.3. The lowest BCUT2D eigenvalue weighted by Crippen LogP contribution is -2.14. The van der Waals surface area contributed by atoms with Crippen LogP contribution in [-0.4, -0.2) is 0 Å². The Labute approximate surface area is 134 Å². The van der Waals surface area contributed by atoms with Crippen LogP contribution in [0.3, 0.4) is 0 Å². The summed E-state index contributed by atoms with van der Waals surface area (Å²) in [5.41, 5.74) is 4.14. The van der Waals surface area contributed by atoms with Crippen LogP contribution in [-0.2, 0) is 12.8 Å². The maximum atomic E-state index is 15.0. The first-order valence-electron chi connectivity index (χ1n) is 8.08. The fourth-order valence-electron chi connectivity index (χ4n) is 3.73. The summed E-state index contributed by atoms with van der Waals surface area (Å²) in [7, 11) is 0. The molecule has 1 unspecified atom stereocenters. The molecule has 3 aromatic rings. The maximum Gasteiger partial charge on any atom is 0.134 e. The summed E-state index contributed by atoms with van der Waals surface area (Å²) in [6, 6.07) is 14.7. The Balaban J connectivity index is 1.74. The highest BCUT2D eigenvalue weighted by Crippen LogP contribution is 2.36. The highest BCUT2D eigenvalue weighted by Gasteiger charge is 2.23. The van der Waals surface area contributed by atoms with Crippen LogP contribution in [0.25, 0.3) is 10.8 Å². The molecule has 4 rings (SSSR count). The Hall–Kier alpha value is -2.22. The zero-order valence-electron chi connectivity index (χ0n) is 13.1. The van der Waals surface area contributed by atoms with Crippen LogP contribution in [0.4, 0.5) is 8.78 Å². The summed E-state index contributed by atoms with van der Waals surface area (Å²) in [5, 5.41) is 1.64. The number of halogens is 2. The molecule has 1 aliphatic rings. The van der Waals surface area contributed by atoms with E-state index in [0.717, 1.165) is 46.9 Å². The van der Waals surface area contributed by atoms with Crippen molar-refractivity contribution in [2.45, 2.75) is 32.1 Å². The average molecular weight is 308 g/mol. The van der Waals surface area contributed by atoms with E-state index in [-0.39, 0.29) is 17.6 Å². The summed E-state index contributed by atoms with van der Waals surface area (Å²) in [4.78, 5) is 0. The molecule has 0 amide bonds. The highest BCUT2D eigenvalue weighted by atomic mass is 19.1. The number of hydrogen-bond donors (Lipinski definition) is 0. The molecule has 0 spiro atoms. The van der Waals surface area contributed by atoms with E-state index in [1.165, 1.54) is 6.07 Å². The zero-order valence-corrected chi connectivity index (χ0v) is 13.1. The van der Waals surface area contributed by atoms with Gasteiger partial charge in [0.2, 0.25) is 0 Å². The molecule has 0 fully saturated rings. The lowest BCUT2D eigenvalue weighted by molar-refractivity contribution is 0.535. The van der Waals surface area contributed by atoms with Crippen molar-refractivity contribution in [1.29, 1.82) is 0 Å². The normalized spacial score (nSPS) is 17.3. The van der Waals surface area contributed by atoms with Crippen molar-refractivity contribution in [1.82, 2.24) is 0 Å². The molecule has 0 aliphatic heterocycles. The molecule has 116 valence electrons.